The maximum Gasteiger partial charge on any atom is 0.203 e. The number of nitrogens with zero attached hydrogens (tertiary/aromatic N) is 3. The SMILES string of the molecule is Nc1nnc(-c2cc3ccccn3c2)s1. The Balaban J connectivity index is 2.19. The summed E-state index contributed by atoms with van der Waals surface area (Å²) in [7, 11) is 0. The molecule has 3 aromatic rings. The number of pyridine rings is 1. The van der Waals surface area contributed by atoms with Crippen LogP contribution in [0, 0.1) is 0 Å². The van der Waals surface area contributed by atoms with Crippen LogP contribution in [0.25, 0.3) is 16.1 Å². The third-order valence-electron chi connectivity index (χ3n) is 2.19. The molecule has 0 saturated heterocycles. The monoisotopic (exact) mass is 216 g/mol. The molecule has 74 valence electrons. The maximum atomic E-state index is 5.55. The van der Waals surface area contributed by atoms with Gasteiger partial charge in [0.05, 0.1) is 0 Å². The molecule has 3 rings (SSSR count). The van der Waals surface area contributed by atoms with Gasteiger partial charge in [0.25, 0.3) is 0 Å². The molecule has 15 heavy (non-hydrogen) atoms. The Hall–Kier alpha value is -1.88. The molecule has 0 fully saturated rings. The van der Waals surface area contributed by atoms with Crippen LogP contribution in [-0.2, 0) is 0 Å². The van der Waals surface area contributed by atoms with Gasteiger partial charge in [-0.3, -0.25) is 0 Å². The zero-order valence-corrected chi connectivity index (χ0v) is 8.61. The summed E-state index contributed by atoms with van der Waals surface area (Å²) in [5, 5.41) is 9.17. The van der Waals surface area contributed by atoms with E-state index in [1.807, 2.05) is 35.0 Å². The standard InChI is InChI=1S/C10H8N4S/c11-10-13-12-9(15-10)7-5-8-3-1-2-4-14(8)6-7/h1-6H,(H2,11,13). The fraction of sp³-hybridized carbons (Fsp3) is 0. The van der Waals surface area contributed by atoms with Crippen molar-refractivity contribution in [3.63, 3.8) is 0 Å². The second kappa shape index (κ2) is 3.06. The second-order valence-corrected chi connectivity index (χ2v) is 4.22. The summed E-state index contributed by atoms with van der Waals surface area (Å²) in [6, 6.07) is 8.12. The highest BCUT2D eigenvalue weighted by atomic mass is 32.1. The number of aromatic nitrogens is 3. The van der Waals surface area contributed by atoms with Crippen molar-refractivity contribution < 1.29 is 0 Å². The highest BCUT2D eigenvalue weighted by Gasteiger charge is 2.06. The van der Waals surface area contributed by atoms with E-state index in [0.717, 1.165) is 16.1 Å². The summed E-state index contributed by atoms with van der Waals surface area (Å²) in [6.07, 6.45) is 4.03. The zero-order chi connectivity index (χ0) is 10.3. The van der Waals surface area contributed by atoms with Gasteiger partial charge in [-0.05, 0) is 18.2 Å². The van der Waals surface area contributed by atoms with E-state index >= 15 is 0 Å². The molecule has 4 nitrogen and oxygen atoms in total. The Morgan fingerprint density at radius 3 is 2.93 bits per heavy atom. The largest absolute Gasteiger partial charge is 0.374 e. The van der Waals surface area contributed by atoms with Crippen LogP contribution in [0.5, 0.6) is 0 Å². The molecule has 0 spiro atoms. The highest BCUT2D eigenvalue weighted by molar-refractivity contribution is 7.18. The van der Waals surface area contributed by atoms with E-state index in [1.54, 1.807) is 0 Å². The van der Waals surface area contributed by atoms with Gasteiger partial charge in [0.15, 0.2) is 5.01 Å². The molecule has 3 aromatic heterocycles. The Morgan fingerprint density at radius 1 is 1.27 bits per heavy atom. The van der Waals surface area contributed by atoms with E-state index in [0.29, 0.717) is 5.13 Å². The first kappa shape index (κ1) is 8.43. The first-order chi connectivity index (χ1) is 7.33. The minimum absolute atomic E-state index is 0.500. The molecule has 0 bridgehead atoms. The molecule has 0 aliphatic heterocycles. The van der Waals surface area contributed by atoms with Crippen LogP contribution in [0.2, 0.25) is 0 Å². The van der Waals surface area contributed by atoms with Crippen LogP contribution in [-0.4, -0.2) is 14.6 Å². The second-order valence-electron chi connectivity index (χ2n) is 3.21. The maximum absolute atomic E-state index is 5.55. The van der Waals surface area contributed by atoms with Crippen LogP contribution in [0.1, 0.15) is 0 Å². The molecule has 3 heterocycles. The number of anilines is 1. The molecule has 0 atom stereocenters. The van der Waals surface area contributed by atoms with E-state index in [-0.39, 0.29) is 0 Å². The van der Waals surface area contributed by atoms with Crippen molar-refractivity contribution in [3.05, 3.63) is 36.7 Å². The number of fused-ring (bicyclic) bond motifs is 1. The van der Waals surface area contributed by atoms with Crippen LogP contribution >= 0.6 is 11.3 Å². The van der Waals surface area contributed by atoms with E-state index in [4.69, 9.17) is 5.73 Å². The lowest BCUT2D eigenvalue weighted by atomic mass is 10.3. The number of hydrogen-bond acceptors (Lipinski definition) is 4. The van der Waals surface area contributed by atoms with E-state index in [1.165, 1.54) is 11.3 Å². The quantitative estimate of drug-likeness (QED) is 0.677. The molecule has 2 N–H and O–H groups in total. The fourth-order valence-electron chi connectivity index (χ4n) is 1.52. The predicted molar refractivity (Wildman–Crippen MR) is 60.7 cm³/mol. The number of hydrogen-bond donors (Lipinski definition) is 1. The van der Waals surface area contributed by atoms with Crippen LogP contribution in [0.3, 0.4) is 0 Å². The van der Waals surface area contributed by atoms with Gasteiger partial charge < -0.3 is 10.1 Å². The summed E-state index contributed by atoms with van der Waals surface area (Å²) in [5.74, 6) is 0. The van der Waals surface area contributed by atoms with Crippen molar-refractivity contribution in [2.24, 2.45) is 0 Å². The topological polar surface area (TPSA) is 56.2 Å². The molecule has 0 radical (unpaired) electrons. The third kappa shape index (κ3) is 1.37. The Morgan fingerprint density at radius 2 is 2.20 bits per heavy atom. The van der Waals surface area contributed by atoms with Gasteiger partial charge in [-0.15, -0.1) is 10.2 Å². The minimum atomic E-state index is 0.500. The van der Waals surface area contributed by atoms with E-state index in [2.05, 4.69) is 16.3 Å². The van der Waals surface area contributed by atoms with Crippen LogP contribution in [0.4, 0.5) is 5.13 Å². The van der Waals surface area contributed by atoms with E-state index in [9.17, 15) is 0 Å². The van der Waals surface area contributed by atoms with Gasteiger partial charge in [0.2, 0.25) is 5.13 Å². The fourth-order valence-corrected chi connectivity index (χ4v) is 2.11. The summed E-state index contributed by atoms with van der Waals surface area (Å²) >= 11 is 1.40. The normalized spacial score (nSPS) is 10.9. The zero-order valence-electron chi connectivity index (χ0n) is 7.79. The third-order valence-corrected chi connectivity index (χ3v) is 2.99. The molecular formula is C10H8N4S. The molecule has 0 aliphatic carbocycles. The predicted octanol–water partition coefficient (Wildman–Crippen LogP) is 2.04. The number of rotatable bonds is 1. The van der Waals surface area contributed by atoms with Crippen molar-refractivity contribution in [3.8, 4) is 10.6 Å². The first-order valence-electron chi connectivity index (χ1n) is 4.49. The van der Waals surface area contributed by atoms with Gasteiger partial charge in [-0.2, -0.15) is 0 Å². The van der Waals surface area contributed by atoms with Crippen molar-refractivity contribution >= 4 is 22.0 Å². The lowest BCUT2D eigenvalue weighted by Gasteiger charge is -1.88. The summed E-state index contributed by atoms with van der Waals surface area (Å²) in [4.78, 5) is 0. The van der Waals surface area contributed by atoms with Gasteiger partial charge in [0, 0.05) is 23.5 Å². The Labute approximate surface area is 90.0 Å². The average molecular weight is 216 g/mol. The molecule has 0 amide bonds. The van der Waals surface area contributed by atoms with Crippen molar-refractivity contribution in [2.45, 2.75) is 0 Å². The lowest BCUT2D eigenvalue weighted by molar-refractivity contribution is 1.10. The van der Waals surface area contributed by atoms with Gasteiger partial charge in [0.1, 0.15) is 0 Å². The summed E-state index contributed by atoms with van der Waals surface area (Å²) in [6.45, 7) is 0. The minimum Gasteiger partial charge on any atom is -0.374 e. The Bertz CT molecular complexity index is 577. The molecule has 0 aliphatic rings. The van der Waals surface area contributed by atoms with Crippen LogP contribution in [0.15, 0.2) is 36.7 Å². The van der Waals surface area contributed by atoms with Gasteiger partial charge in [-0.1, -0.05) is 17.4 Å². The molecule has 0 aromatic carbocycles. The first-order valence-corrected chi connectivity index (χ1v) is 5.31. The van der Waals surface area contributed by atoms with Crippen LogP contribution < -0.4 is 5.73 Å². The lowest BCUT2D eigenvalue weighted by Crippen LogP contribution is -1.79. The van der Waals surface area contributed by atoms with Gasteiger partial charge >= 0.3 is 0 Å². The number of nitrogens with two attached hydrogens (primary N) is 1. The Kier molecular flexibility index (Phi) is 1.72. The van der Waals surface area contributed by atoms with E-state index < -0.39 is 0 Å². The molecule has 0 unspecified atom stereocenters. The summed E-state index contributed by atoms with van der Waals surface area (Å²) in [5.41, 5.74) is 7.74. The molecule has 0 saturated carbocycles. The smallest absolute Gasteiger partial charge is 0.203 e. The number of nitrogen functional groups attached to an aromatic ring is 1. The average Bonchev–Trinajstić information content (AvgIpc) is 2.82. The molecular weight excluding hydrogens is 208 g/mol. The molecule has 5 heteroatoms. The highest BCUT2D eigenvalue weighted by Crippen LogP contribution is 2.26. The van der Waals surface area contributed by atoms with Crippen molar-refractivity contribution in [1.29, 1.82) is 0 Å². The van der Waals surface area contributed by atoms with Crippen molar-refractivity contribution in [2.75, 3.05) is 5.73 Å². The van der Waals surface area contributed by atoms with Crippen molar-refractivity contribution in [1.82, 2.24) is 14.6 Å². The summed E-state index contributed by atoms with van der Waals surface area (Å²) < 4.78 is 2.05. The van der Waals surface area contributed by atoms with Gasteiger partial charge in [-0.25, -0.2) is 0 Å².